The van der Waals surface area contributed by atoms with Gasteiger partial charge in [0.25, 0.3) is 0 Å². The van der Waals surface area contributed by atoms with Gasteiger partial charge in [-0.15, -0.1) is 0 Å². The maximum atomic E-state index is 5.71. The summed E-state index contributed by atoms with van der Waals surface area (Å²) < 4.78 is 0. The van der Waals surface area contributed by atoms with E-state index in [0.717, 1.165) is 11.4 Å². The molecule has 1 aromatic rings. The third-order valence-electron chi connectivity index (χ3n) is 9.59. The summed E-state index contributed by atoms with van der Waals surface area (Å²) >= 11 is 0. The number of nitrogens with two attached hydrogens (primary N) is 1. The fraction of sp³-hybridized carbons (Fsp3) is 0.571. The fourth-order valence-electron chi connectivity index (χ4n) is 6.11. The predicted octanol–water partition coefficient (Wildman–Crippen LogP) is 6.40. The van der Waals surface area contributed by atoms with E-state index < -0.39 is 0 Å². The highest BCUT2D eigenvalue weighted by Crippen LogP contribution is 2.63. The topological polar surface area (TPSA) is 50.7 Å². The minimum Gasteiger partial charge on any atom is -0.390 e. The molecule has 0 fully saturated rings. The number of rotatable bonds is 2. The molecule has 4 rings (SSSR count). The molecule has 2 atom stereocenters. The van der Waals surface area contributed by atoms with Crippen LogP contribution in [-0.2, 0) is 16.4 Å². The van der Waals surface area contributed by atoms with Gasteiger partial charge in [0.2, 0.25) is 0 Å². The lowest BCUT2D eigenvalue weighted by Crippen LogP contribution is -2.42. The molecule has 3 aliphatic rings. The van der Waals surface area contributed by atoms with Crippen molar-refractivity contribution in [1.29, 1.82) is 0 Å². The van der Waals surface area contributed by atoms with Crippen LogP contribution in [0.5, 0.6) is 0 Å². The van der Waals surface area contributed by atoms with Gasteiger partial charge < -0.3 is 5.73 Å². The monoisotopic (exact) mass is 417 g/mol. The molecule has 0 amide bonds. The minimum atomic E-state index is -0.310. The lowest BCUT2D eigenvalue weighted by atomic mass is 9.59. The first-order valence-electron chi connectivity index (χ1n) is 11.7. The maximum Gasteiger partial charge on any atom is 0.0908 e. The second kappa shape index (κ2) is 6.43. The first-order chi connectivity index (χ1) is 14.2. The highest BCUT2D eigenvalue weighted by Gasteiger charge is 2.58. The van der Waals surface area contributed by atoms with Gasteiger partial charge >= 0.3 is 0 Å². The van der Waals surface area contributed by atoms with Gasteiger partial charge in [0, 0.05) is 17.2 Å². The number of fused-ring (bicyclic) bond motifs is 5. The Balaban J connectivity index is 1.98. The van der Waals surface area contributed by atoms with Crippen molar-refractivity contribution in [3.8, 4) is 0 Å². The van der Waals surface area contributed by atoms with Crippen molar-refractivity contribution in [1.82, 2.24) is 0 Å². The summed E-state index contributed by atoms with van der Waals surface area (Å²) in [7, 11) is 0. The van der Waals surface area contributed by atoms with Crippen LogP contribution in [0.25, 0.3) is 0 Å². The Morgan fingerprint density at radius 3 is 2.10 bits per heavy atom. The zero-order chi connectivity index (χ0) is 23.1. The first-order valence-corrected chi connectivity index (χ1v) is 11.7. The van der Waals surface area contributed by atoms with Crippen LogP contribution in [0.15, 0.2) is 45.5 Å². The normalized spacial score (nSPS) is 30.9. The molecule has 1 aliphatic carbocycles. The molecule has 0 saturated carbocycles. The molecule has 0 saturated heterocycles. The van der Waals surface area contributed by atoms with Gasteiger partial charge in [-0.05, 0) is 63.5 Å². The van der Waals surface area contributed by atoms with Crippen molar-refractivity contribution in [2.24, 2.45) is 33.0 Å². The summed E-state index contributed by atoms with van der Waals surface area (Å²) in [6.45, 7) is 23.4. The first kappa shape index (κ1) is 22.0. The van der Waals surface area contributed by atoms with Crippen LogP contribution in [0.4, 0.5) is 0 Å². The average Bonchev–Trinajstić information content (AvgIpc) is 2.95. The van der Waals surface area contributed by atoms with Crippen molar-refractivity contribution in [2.75, 3.05) is 0 Å². The van der Waals surface area contributed by atoms with E-state index in [9.17, 15) is 0 Å². The van der Waals surface area contributed by atoms with Gasteiger partial charge in [-0.1, -0.05) is 74.5 Å². The van der Waals surface area contributed by atoms with E-state index in [1.807, 2.05) is 0 Å². The Hall–Kier alpha value is -2.16. The van der Waals surface area contributed by atoms with Gasteiger partial charge in [0.15, 0.2) is 0 Å². The van der Waals surface area contributed by atoms with E-state index >= 15 is 0 Å². The lowest BCUT2D eigenvalue weighted by Gasteiger charge is -2.44. The molecule has 31 heavy (non-hydrogen) atoms. The molecule has 0 spiro atoms. The summed E-state index contributed by atoms with van der Waals surface area (Å²) in [4.78, 5) is 9.86. The molecule has 2 N–H and O–H groups in total. The fourth-order valence-corrected chi connectivity index (χ4v) is 6.11. The second-order valence-corrected chi connectivity index (χ2v) is 11.8. The standard InChI is InChI=1S/C28H39N3/c1-16(2)24(30-15-29)18-11-12-23-19-13-21-22(14-20(19)28(10,31-23)17(18)3)26(6,7)27(8,9)25(21,4)5/h11-17H,1-10H3,(H2,29,30). The van der Waals surface area contributed by atoms with Gasteiger partial charge in [-0.2, -0.15) is 0 Å². The maximum absolute atomic E-state index is 5.71. The van der Waals surface area contributed by atoms with Gasteiger partial charge in [0.1, 0.15) is 0 Å². The Morgan fingerprint density at radius 2 is 1.55 bits per heavy atom. The number of nitrogens with zero attached hydrogens (tertiary/aromatic N) is 2. The van der Waals surface area contributed by atoms with E-state index in [4.69, 9.17) is 10.7 Å². The molecular weight excluding hydrogens is 378 g/mol. The molecule has 3 nitrogen and oxygen atoms in total. The number of hydrogen-bond acceptors (Lipinski definition) is 2. The van der Waals surface area contributed by atoms with E-state index in [1.54, 1.807) is 0 Å². The quantitative estimate of drug-likeness (QED) is 0.439. The minimum absolute atomic E-state index is 0.0827. The molecule has 0 aromatic heterocycles. The number of hydrogen-bond donors (Lipinski definition) is 1. The predicted molar refractivity (Wildman–Crippen MR) is 133 cm³/mol. The van der Waals surface area contributed by atoms with Crippen LogP contribution in [0.3, 0.4) is 0 Å². The number of allylic oxidation sites excluding steroid dienone is 3. The van der Waals surface area contributed by atoms with Crippen molar-refractivity contribution >= 4 is 12.1 Å². The molecule has 3 heteroatoms. The second-order valence-electron chi connectivity index (χ2n) is 11.8. The highest BCUT2D eigenvalue weighted by atomic mass is 14.9. The molecule has 166 valence electrons. The largest absolute Gasteiger partial charge is 0.390 e. The highest BCUT2D eigenvalue weighted by molar-refractivity contribution is 6.13. The molecule has 2 bridgehead atoms. The van der Waals surface area contributed by atoms with Crippen molar-refractivity contribution in [3.63, 3.8) is 0 Å². The summed E-state index contributed by atoms with van der Waals surface area (Å²) in [5.41, 5.74) is 14.7. The molecule has 1 aromatic carbocycles. The molecule has 0 radical (unpaired) electrons. The molecular formula is C28H39N3. The third kappa shape index (κ3) is 2.58. The number of benzene rings is 1. The Morgan fingerprint density at radius 1 is 0.968 bits per heavy atom. The SMILES string of the molecule is CC(C)C(N=CN)=C1C=CC2=NC(C)(c3cc4c(cc32)C(C)(C)C(C)(C)C4(C)C)C1C. The van der Waals surface area contributed by atoms with Crippen molar-refractivity contribution in [2.45, 2.75) is 85.6 Å². The van der Waals surface area contributed by atoms with Crippen LogP contribution in [-0.4, -0.2) is 12.1 Å². The zero-order valence-electron chi connectivity index (χ0n) is 21.0. The van der Waals surface area contributed by atoms with Crippen LogP contribution in [0, 0.1) is 17.3 Å². The lowest BCUT2D eigenvalue weighted by molar-refractivity contribution is 0.125. The van der Waals surface area contributed by atoms with Gasteiger partial charge in [0.05, 0.1) is 17.6 Å². The van der Waals surface area contributed by atoms with Gasteiger partial charge in [-0.3, -0.25) is 4.99 Å². The third-order valence-corrected chi connectivity index (χ3v) is 9.59. The van der Waals surface area contributed by atoms with Gasteiger partial charge in [-0.25, -0.2) is 4.99 Å². The summed E-state index contributed by atoms with van der Waals surface area (Å²) in [6, 6.07) is 4.95. The molecule has 2 aliphatic heterocycles. The van der Waals surface area contributed by atoms with E-state index in [0.29, 0.717) is 5.92 Å². The van der Waals surface area contributed by atoms with E-state index in [-0.39, 0.29) is 27.7 Å². The Kier molecular flexibility index (Phi) is 4.57. The summed E-state index contributed by atoms with van der Waals surface area (Å²) in [5.74, 6) is 0.499. The van der Waals surface area contributed by atoms with E-state index in [2.05, 4.69) is 98.5 Å². The van der Waals surface area contributed by atoms with Crippen molar-refractivity contribution in [3.05, 3.63) is 57.8 Å². The Bertz CT molecular complexity index is 1080. The van der Waals surface area contributed by atoms with Crippen LogP contribution in [0.1, 0.15) is 91.5 Å². The number of aliphatic imine (C=N–C) groups is 2. The smallest absolute Gasteiger partial charge is 0.0908 e. The van der Waals surface area contributed by atoms with E-state index in [1.165, 1.54) is 34.2 Å². The van der Waals surface area contributed by atoms with Crippen LogP contribution >= 0.6 is 0 Å². The summed E-state index contributed by atoms with van der Waals surface area (Å²) in [6.07, 6.45) is 5.85. The van der Waals surface area contributed by atoms with Crippen LogP contribution in [0.2, 0.25) is 0 Å². The molecule has 2 heterocycles. The average molecular weight is 418 g/mol. The molecule has 2 unspecified atom stereocenters. The zero-order valence-corrected chi connectivity index (χ0v) is 21.0. The van der Waals surface area contributed by atoms with Crippen LogP contribution < -0.4 is 5.73 Å². The summed E-state index contributed by atoms with van der Waals surface area (Å²) in [5, 5.41) is 0. The van der Waals surface area contributed by atoms with Crippen molar-refractivity contribution < 1.29 is 0 Å². The Labute approximate surface area is 188 Å².